The van der Waals surface area contributed by atoms with Gasteiger partial charge in [0.1, 0.15) is 34.0 Å². The number of fused-ring (bicyclic) bond motifs is 21. The lowest BCUT2D eigenvalue weighted by molar-refractivity contribution is 0.660. The second-order valence-electron chi connectivity index (χ2n) is 29.6. The van der Waals surface area contributed by atoms with Crippen molar-refractivity contribution in [3.8, 4) is 56.4 Å². The number of nitrogens with zero attached hydrogens (tertiary/aromatic N) is 6. The van der Waals surface area contributed by atoms with Gasteiger partial charge in [-0.3, -0.25) is 9.13 Å². The van der Waals surface area contributed by atoms with Crippen LogP contribution >= 0.6 is 0 Å². The molecule has 16 aromatic carbocycles. The lowest BCUT2D eigenvalue weighted by atomic mass is 9.82. The Morgan fingerprint density at radius 1 is 0.283 bits per heavy atom. The van der Waals surface area contributed by atoms with E-state index < -0.39 is 0 Å². The van der Waals surface area contributed by atoms with E-state index in [2.05, 4.69) is 374 Å². The van der Waals surface area contributed by atoms with E-state index in [4.69, 9.17) is 18.8 Å². The van der Waals surface area contributed by atoms with Crippen LogP contribution in [0, 0.1) is 0 Å². The molecule has 2 aliphatic rings. The number of rotatable bonds is 10. The van der Waals surface area contributed by atoms with Gasteiger partial charge in [-0.2, -0.15) is 0 Å². The highest BCUT2D eigenvalue weighted by atomic mass is 16.3. The van der Waals surface area contributed by atoms with Crippen LogP contribution in [-0.4, -0.2) is 19.1 Å². The topological polar surface area (TPSA) is 68.4 Å². The van der Waals surface area contributed by atoms with E-state index in [1.165, 1.54) is 66.1 Å². The maximum absolute atomic E-state index is 7.06. The highest BCUT2D eigenvalue weighted by molar-refractivity contribution is 6.28. The minimum atomic E-state index is -0.250. The number of para-hydroxylation sites is 6. The SMILES string of the molecule is CC1(C)c2cc(N(c3ccc(-c4nc5ccccc5n4-c4ccccc4)cc3)c3ccc4c(c3)oc3ccc5c(ccc6oc7cc(N(c8ccc(-c9nc%10ccccc%10n9-c9ccccc9)cc8)c8ccc9c(c8)C(C)(C)c8ccc%10ccccc%10c8-9)ccc7c65)c34)ccc2-c2c1ccc1ccccc21. The number of aromatic nitrogens is 4. The van der Waals surface area contributed by atoms with E-state index >= 15 is 0 Å². The van der Waals surface area contributed by atoms with Gasteiger partial charge < -0.3 is 18.6 Å². The molecule has 500 valence electrons. The summed E-state index contributed by atoms with van der Waals surface area (Å²) >= 11 is 0. The standard InChI is InChI=1S/C98H66N6O2/c1-97(2)79-51-35-59-19-11-13-25-71(59)91(79)75-45-41-67(55-81(75)97)101(65-37-31-61(32-38-65)95-99-83-27-15-17-29-85(83)103(95)63-21-7-5-8-22-63)69-43-47-77-89(57-69)105-87-53-49-74-73(93(77)87)50-54-88-94(74)78-48-44-70(58-90(78)106-88)102(68-42-46-76-82(56-68)98(3,4)80-52-36-60-20-12-14-26-72(60)92(76)80)66-39-33-62(34-40-66)96-100-84-28-16-18-30-86(84)104(96)64-23-9-6-10-24-64/h5-58H,1-4H3. The molecular formula is C98H66N6O2. The third kappa shape index (κ3) is 8.82. The minimum Gasteiger partial charge on any atom is -0.456 e. The molecule has 8 nitrogen and oxygen atoms in total. The molecule has 0 N–H and O–H groups in total. The van der Waals surface area contributed by atoms with Crippen LogP contribution in [0.25, 0.3) is 155 Å². The van der Waals surface area contributed by atoms with Gasteiger partial charge in [0, 0.05) is 101 Å². The first-order valence-electron chi connectivity index (χ1n) is 36.5. The van der Waals surface area contributed by atoms with Gasteiger partial charge in [0.05, 0.1) is 22.1 Å². The first-order chi connectivity index (χ1) is 52.1. The zero-order valence-electron chi connectivity index (χ0n) is 58.7. The summed E-state index contributed by atoms with van der Waals surface area (Å²) in [5.41, 5.74) is 27.5. The molecule has 4 aromatic heterocycles. The van der Waals surface area contributed by atoms with Crippen molar-refractivity contribution in [1.29, 1.82) is 0 Å². The monoisotopic (exact) mass is 1360 g/mol. The zero-order chi connectivity index (χ0) is 70.3. The average Bonchev–Trinajstić information content (AvgIpc) is 1.57. The molecule has 0 saturated carbocycles. The molecule has 0 bridgehead atoms. The highest BCUT2D eigenvalue weighted by Gasteiger charge is 2.39. The summed E-state index contributed by atoms with van der Waals surface area (Å²) in [6.45, 7) is 9.48. The van der Waals surface area contributed by atoms with Crippen molar-refractivity contribution >= 4 is 132 Å². The fraction of sp³-hybridized carbons (Fsp3) is 0.0612. The van der Waals surface area contributed by atoms with E-state index in [0.717, 1.165) is 145 Å². The molecule has 20 aromatic rings. The van der Waals surface area contributed by atoms with Gasteiger partial charge in [0.2, 0.25) is 0 Å². The number of imidazole rings is 2. The Bertz CT molecular complexity index is 6650. The predicted molar refractivity (Wildman–Crippen MR) is 438 cm³/mol. The smallest absolute Gasteiger partial charge is 0.145 e. The molecular weight excluding hydrogens is 1290 g/mol. The number of furan rings is 2. The molecule has 0 fully saturated rings. The van der Waals surface area contributed by atoms with Gasteiger partial charge in [0.15, 0.2) is 0 Å². The summed E-state index contributed by atoms with van der Waals surface area (Å²) < 4.78 is 18.6. The second kappa shape index (κ2) is 22.5. The van der Waals surface area contributed by atoms with Gasteiger partial charge in [-0.05, 0) is 247 Å². The maximum Gasteiger partial charge on any atom is 0.145 e. The third-order valence-electron chi connectivity index (χ3n) is 23.1. The van der Waals surface area contributed by atoms with Crippen LogP contribution < -0.4 is 9.80 Å². The lowest BCUT2D eigenvalue weighted by Gasteiger charge is -2.28. The van der Waals surface area contributed by atoms with Crippen LogP contribution in [0.3, 0.4) is 0 Å². The van der Waals surface area contributed by atoms with E-state index in [9.17, 15) is 0 Å². The highest BCUT2D eigenvalue weighted by Crippen LogP contribution is 2.56. The summed E-state index contributed by atoms with van der Waals surface area (Å²) in [4.78, 5) is 15.3. The van der Waals surface area contributed by atoms with Crippen LogP contribution in [0.15, 0.2) is 336 Å². The van der Waals surface area contributed by atoms with Crippen molar-refractivity contribution in [2.45, 2.75) is 38.5 Å². The molecule has 4 heterocycles. The van der Waals surface area contributed by atoms with Crippen molar-refractivity contribution in [3.05, 3.63) is 350 Å². The summed E-state index contributed by atoms with van der Waals surface area (Å²) in [5.74, 6) is 1.77. The fourth-order valence-corrected chi connectivity index (χ4v) is 18.0. The summed E-state index contributed by atoms with van der Waals surface area (Å²) in [5, 5.41) is 11.5. The lowest BCUT2D eigenvalue weighted by Crippen LogP contribution is -2.16. The molecule has 0 unspecified atom stereocenters. The van der Waals surface area contributed by atoms with Crippen LogP contribution in [-0.2, 0) is 10.8 Å². The van der Waals surface area contributed by atoms with E-state index in [1.807, 2.05) is 0 Å². The Labute approximate surface area is 611 Å². The van der Waals surface area contributed by atoms with E-state index in [0.29, 0.717) is 0 Å². The Balaban J connectivity index is 0.668. The maximum atomic E-state index is 7.06. The molecule has 106 heavy (non-hydrogen) atoms. The normalized spacial score (nSPS) is 13.4. The van der Waals surface area contributed by atoms with E-state index in [-0.39, 0.29) is 10.8 Å². The first kappa shape index (κ1) is 60.1. The quantitative estimate of drug-likeness (QED) is 0.136. The summed E-state index contributed by atoms with van der Waals surface area (Å²) in [7, 11) is 0. The Hall–Kier alpha value is -13.6. The second-order valence-corrected chi connectivity index (χ2v) is 29.6. The molecule has 0 spiro atoms. The predicted octanol–water partition coefficient (Wildman–Crippen LogP) is 26.5. The summed E-state index contributed by atoms with van der Waals surface area (Å²) in [6.07, 6.45) is 0. The van der Waals surface area contributed by atoms with Crippen molar-refractivity contribution in [2.75, 3.05) is 9.80 Å². The minimum absolute atomic E-state index is 0.250. The molecule has 0 aliphatic heterocycles. The number of hydrogen-bond acceptors (Lipinski definition) is 6. The van der Waals surface area contributed by atoms with Crippen LogP contribution in [0.1, 0.15) is 49.9 Å². The number of benzene rings is 16. The van der Waals surface area contributed by atoms with Gasteiger partial charge in [-0.1, -0.05) is 173 Å². The van der Waals surface area contributed by atoms with Crippen molar-refractivity contribution in [1.82, 2.24) is 19.1 Å². The Morgan fingerprint density at radius 2 is 0.651 bits per heavy atom. The fourth-order valence-electron chi connectivity index (χ4n) is 18.0. The summed E-state index contributed by atoms with van der Waals surface area (Å²) in [6, 6.07) is 119. The van der Waals surface area contributed by atoms with Crippen LogP contribution in [0.2, 0.25) is 0 Å². The molecule has 0 amide bonds. The van der Waals surface area contributed by atoms with Crippen molar-refractivity contribution in [3.63, 3.8) is 0 Å². The Kier molecular flexibility index (Phi) is 12.7. The number of anilines is 6. The van der Waals surface area contributed by atoms with Gasteiger partial charge >= 0.3 is 0 Å². The van der Waals surface area contributed by atoms with E-state index in [1.54, 1.807) is 0 Å². The third-order valence-corrected chi connectivity index (χ3v) is 23.1. The van der Waals surface area contributed by atoms with Crippen molar-refractivity contribution < 1.29 is 8.83 Å². The molecule has 22 rings (SSSR count). The number of hydrogen-bond donors (Lipinski definition) is 0. The van der Waals surface area contributed by atoms with Gasteiger partial charge in [-0.15, -0.1) is 0 Å². The molecule has 2 aliphatic carbocycles. The van der Waals surface area contributed by atoms with Gasteiger partial charge in [-0.25, -0.2) is 9.97 Å². The largest absolute Gasteiger partial charge is 0.456 e. The van der Waals surface area contributed by atoms with Crippen LogP contribution in [0.5, 0.6) is 0 Å². The Morgan fingerprint density at radius 3 is 1.09 bits per heavy atom. The van der Waals surface area contributed by atoms with Gasteiger partial charge in [0.25, 0.3) is 0 Å². The zero-order valence-corrected chi connectivity index (χ0v) is 58.7. The molecule has 0 atom stereocenters. The molecule has 0 saturated heterocycles. The van der Waals surface area contributed by atoms with Crippen LogP contribution in [0.4, 0.5) is 34.1 Å². The molecule has 8 heteroatoms. The molecule has 0 radical (unpaired) electrons. The average molecular weight is 1360 g/mol. The first-order valence-corrected chi connectivity index (χ1v) is 36.5. The van der Waals surface area contributed by atoms with Crippen molar-refractivity contribution in [2.24, 2.45) is 0 Å².